The van der Waals surface area contributed by atoms with E-state index in [-0.39, 0.29) is 17.2 Å². The molecule has 2 aliphatic rings. The highest BCUT2D eigenvalue weighted by Gasteiger charge is 2.42. The zero-order chi connectivity index (χ0) is 25.9. The van der Waals surface area contributed by atoms with E-state index in [1.165, 1.54) is 16.9 Å². The number of hydrogen-bond acceptors (Lipinski definition) is 10. The number of carbonyl (C=O) groups is 1. The van der Waals surface area contributed by atoms with Crippen molar-refractivity contribution in [3.63, 3.8) is 0 Å². The van der Waals surface area contributed by atoms with Crippen LogP contribution in [0.4, 0.5) is 5.13 Å². The maximum absolute atomic E-state index is 13.4. The van der Waals surface area contributed by atoms with Crippen LogP contribution in [0.5, 0.6) is 11.5 Å². The molecule has 2 heterocycles. The second-order valence-electron chi connectivity index (χ2n) is 8.55. The van der Waals surface area contributed by atoms with E-state index in [1.54, 1.807) is 49.1 Å². The normalized spacial score (nSPS) is 17.5. The SMILES string of the molecule is COc1ccc(OC)c(C2C(C#N)=C(N)N(c3nnc(SCc4ccccc4)s3)C3=C2C(=O)CCC3)c1. The molecule has 1 aliphatic heterocycles. The molecule has 0 spiro atoms. The van der Waals surface area contributed by atoms with Crippen LogP contribution in [0.25, 0.3) is 0 Å². The lowest BCUT2D eigenvalue weighted by Gasteiger charge is -2.38. The summed E-state index contributed by atoms with van der Waals surface area (Å²) in [6.45, 7) is 0. The Labute approximate surface area is 223 Å². The smallest absolute Gasteiger partial charge is 0.219 e. The number of nitrogens with zero attached hydrogens (tertiary/aromatic N) is 4. The minimum atomic E-state index is -0.658. The monoisotopic (exact) mass is 531 g/mol. The van der Waals surface area contributed by atoms with Gasteiger partial charge in [0.1, 0.15) is 17.3 Å². The fourth-order valence-electron chi connectivity index (χ4n) is 4.75. The third-order valence-electron chi connectivity index (χ3n) is 6.45. The van der Waals surface area contributed by atoms with Gasteiger partial charge in [-0.25, -0.2) is 0 Å². The van der Waals surface area contributed by atoms with Gasteiger partial charge in [-0.1, -0.05) is 53.4 Å². The first-order chi connectivity index (χ1) is 18.0. The van der Waals surface area contributed by atoms with Crippen LogP contribution in [0.15, 0.2) is 75.5 Å². The summed E-state index contributed by atoms with van der Waals surface area (Å²) >= 11 is 2.98. The number of nitriles is 1. The molecule has 8 nitrogen and oxygen atoms in total. The van der Waals surface area contributed by atoms with Gasteiger partial charge < -0.3 is 15.2 Å². The van der Waals surface area contributed by atoms with E-state index >= 15 is 0 Å². The molecule has 3 aromatic rings. The number of methoxy groups -OCH3 is 2. The molecule has 0 saturated carbocycles. The lowest BCUT2D eigenvalue weighted by atomic mass is 9.75. The maximum atomic E-state index is 13.4. The number of hydrogen-bond donors (Lipinski definition) is 1. The zero-order valence-electron chi connectivity index (χ0n) is 20.4. The molecule has 1 aromatic heterocycles. The third kappa shape index (κ3) is 4.68. The predicted molar refractivity (Wildman–Crippen MR) is 143 cm³/mol. The van der Waals surface area contributed by atoms with E-state index in [9.17, 15) is 10.1 Å². The first-order valence-corrected chi connectivity index (χ1v) is 13.5. The molecule has 2 aromatic carbocycles. The van der Waals surface area contributed by atoms with E-state index in [2.05, 4.69) is 28.4 Å². The number of Topliss-reactive ketones (excluding diaryl/α,β-unsaturated/α-hetero) is 1. The molecule has 0 radical (unpaired) electrons. The molecule has 0 amide bonds. The van der Waals surface area contributed by atoms with Gasteiger partial charge in [-0.15, -0.1) is 10.2 Å². The number of aromatic nitrogens is 2. The Hall–Kier alpha value is -3.81. The molecule has 1 aliphatic carbocycles. The molecule has 0 fully saturated rings. The van der Waals surface area contributed by atoms with Crippen molar-refractivity contribution < 1.29 is 14.3 Å². The predicted octanol–water partition coefficient (Wildman–Crippen LogP) is 5.15. The summed E-state index contributed by atoms with van der Waals surface area (Å²) in [5.41, 5.74) is 10.1. The highest BCUT2D eigenvalue weighted by Crippen LogP contribution is 2.49. The maximum Gasteiger partial charge on any atom is 0.219 e. The molecule has 1 unspecified atom stereocenters. The van der Waals surface area contributed by atoms with Crippen molar-refractivity contribution in [1.29, 1.82) is 5.26 Å². The fraction of sp³-hybridized carbons (Fsp3) is 0.259. The quantitative estimate of drug-likeness (QED) is 0.413. The van der Waals surface area contributed by atoms with Crippen LogP contribution in [0.3, 0.4) is 0 Å². The number of ketones is 1. The number of benzene rings is 2. The molecule has 1 atom stereocenters. The van der Waals surface area contributed by atoms with Gasteiger partial charge >= 0.3 is 0 Å². The van der Waals surface area contributed by atoms with Crippen molar-refractivity contribution in [3.05, 3.63) is 82.3 Å². The fourth-order valence-corrected chi connectivity index (χ4v) is 6.59. The average molecular weight is 532 g/mol. The Kier molecular flexibility index (Phi) is 7.17. The van der Waals surface area contributed by atoms with Crippen LogP contribution in [-0.2, 0) is 10.5 Å². The van der Waals surface area contributed by atoms with Crippen LogP contribution in [0.2, 0.25) is 0 Å². The highest BCUT2D eigenvalue weighted by atomic mass is 32.2. The first-order valence-electron chi connectivity index (χ1n) is 11.7. The summed E-state index contributed by atoms with van der Waals surface area (Å²) in [5, 5.41) is 19.6. The molecule has 0 bridgehead atoms. The summed E-state index contributed by atoms with van der Waals surface area (Å²) in [7, 11) is 3.14. The van der Waals surface area contributed by atoms with E-state index in [0.717, 1.165) is 15.8 Å². The van der Waals surface area contributed by atoms with Crippen molar-refractivity contribution in [2.75, 3.05) is 19.1 Å². The van der Waals surface area contributed by atoms with Crippen LogP contribution in [0.1, 0.15) is 36.3 Å². The number of thioether (sulfide) groups is 1. The van der Waals surface area contributed by atoms with Gasteiger partial charge in [-0.05, 0) is 36.6 Å². The first kappa shape index (κ1) is 24.9. The van der Waals surface area contributed by atoms with E-state index < -0.39 is 5.92 Å². The standard InChI is InChI=1S/C27H25N5O3S2/c1-34-17-11-12-22(35-2)18(13-17)23-19(14-28)25(29)32(20-9-6-10-21(33)24(20)23)26-30-31-27(37-26)36-15-16-7-4-3-5-8-16/h3-5,7-8,11-13,23H,6,9-10,15,29H2,1-2H3. The van der Waals surface area contributed by atoms with Crippen molar-refractivity contribution >= 4 is 34.0 Å². The number of anilines is 1. The second-order valence-corrected chi connectivity index (χ2v) is 10.7. The van der Waals surface area contributed by atoms with E-state index in [0.29, 0.717) is 47.0 Å². The van der Waals surface area contributed by atoms with Crippen LogP contribution < -0.4 is 20.1 Å². The van der Waals surface area contributed by atoms with Crippen LogP contribution in [0, 0.1) is 11.3 Å². The number of allylic oxidation sites excluding steroid dienone is 3. The molecule has 188 valence electrons. The lowest BCUT2D eigenvalue weighted by molar-refractivity contribution is -0.116. The Morgan fingerprint density at radius 2 is 1.97 bits per heavy atom. The van der Waals surface area contributed by atoms with Gasteiger partial charge in [0.2, 0.25) is 5.13 Å². The molecule has 5 rings (SSSR count). The lowest BCUT2D eigenvalue weighted by Crippen LogP contribution is -2.38. The molecular weight excluding hydrogens is 506 g/mol. The van der Waals surface area contributed by atoms with E-state index in [4.69, 9.17) is 15.2 Å². The van der Waals surface area contributed by atoms with Crippen molar-refractivity contribution in [2.45, 2.75) is 35.3 Å². The Morgan fingerprint density at radius 1 is 1.16 bits per heavy atom. The summed E-state index contributed by atoms with van der Waals surface area (Å²) in [6.07, 6.45) is 1.73. The van der Waals surface area contributed by atoms with Crippen molar-refractivity contribution in [1.82, 2.24) is 10.2 Å². The summed E-state index contributed by atoms with van der Waals surface area (Å²) in [4.78, 5) is 15.2. The van der Waals surface area contributed by atoms with Gasteiger partial charge in [0.05, 0.1) is 31.8 Å². The average Bonchev–Trinajstić information content (AvgIpc) is 3.40. The minimum Gasteiger partial charge on any atom is -0.497 e. The van der Waals surface area contributed by atoms with Crippen molar-refractivity contribution in [2.24, 2.45) is 5.73 Å². The summed E-state index contributed by atoms with van der Waals surface area (Å²) < 4.78 is 11.8. The number of nitrogens with two attached hydrogens (primary N) is 1. The van der Waals surface area contributed by atoms with Gasteiger partial charge in [-0.2, -0.15) is 5.26 Å². The highest BCUT2D eigenvalue weighted by molar-refractivity contribution is 8.00. The second kappa shape index (κ2) is 10.7. The zero-order valence-corrected chi connectivity index (χ0v) is 22.1. The Bertz CT molecular complexity index is 1440. The van der Waals surface area contributed by atoms with Crippen LogP contribution >= 0.6 is 23.1 Å². The summed E-state index contributed by atoms with van der Waals surface area (Å²) in [6, 6.07) is 17.8. The van der Waals surface area contributed by atoms with Gasteiger partial charge in [0, 0.05) is 29.0 Å². The van der Waals surface area contributed by atoms with Gasteiger partial charge in [-0.3, -0.25) is 9.69 Å². The third-order valence-corrected chi connectivity index (χ3v) is 8.57. The van der Waals surface area contributed by atoms with Crippen LogP contribution in [-0.4, -0.2) is 30.2 Å². The van der Waals surface area contributed by atoms with Gasteiger partial charge in [0.25, 0.3) is 0 Å². The van der Waals surface area contributed by atoms with Crippen molar-refractivity contribution in [3.8, 4) is 17.6 Å². The number of carbonyl (C=O) groups excluding carboxylic acids is 1. The molecular formula is C27H25N5O3S2. The topological polar surface area (TPSA) is 114 Å². The largest absolute Gasteiger partial charge is 0.497 e. The van der Waals surface area contributed by atoms with Gasteiger partial charge in [0.15, 0.2) is 10.1 Å². The number of ether oxygens (including phenoxy) is 2. The molecule has 37 heavy (non-hydrogen) atoms. The molecule has 10 heteroatoms. The Morgan fingerprint density at radius 3 is 2.70 bits per heavy atom. The molecule has 2 N–H and O–H groups in total. The Balaban J connectivity index is 1.58. The van der Waals surface area contributed by atoms with E-state index in [1.807, 2.05) is 18.2 Å². The summed E-state index contributed by atoms with van der Waals surface area (Å²) in [5.74, 6) is 1.50. The number of rotatable bonds is 7. The molecule has 0 saturated heterocycles. The minimum absolute atomic E-state index is 0.00966.